The molecule has 0 aromatic carbocycles. The summed E-state index contributed by atoms with van der Waals surface area (Å²) < 4.78 is 3.22. The number of hydrogen-bond donors (Lipinski definition) is 1. The molecule has 4 heteroatoms. The molecule has 1 aromatic heterocycles. The van der Waals surface area contributed by atoms with Gasteiger partial charge in [0.1, 0.15) is 0 Å². The van der Waals surface area contributed by atoms with Gasteiger partial charge < -0.3 is 14.5 Å². The Labute approximate surface area is 102 Å². The van der Waals surface area contributed by atoms with Crippen LogP contribution < -0.4 is 0 Å². The van der Waals surface area contributed by atoms with Crippen molar-refractivity contribution in [1.82, 2.24) is 14.5 Å². The lowest BCUT2D eigenvalue weighted by Crippen LogP contribution is -2.38. The van der Waals surface area contributed by atoms with Crippen LogP contribution >= 0.6 is 12.2 Å². The molecule has 0 spiro atoms. The summed E-state index contributed by atoms with van der Waals surface area (Å²) in [6.07, 6.45) is 5.52. The predicted molar refractivity (Wildman–Crippen MR) is 69.4 cm³/mol. The second-order valence-electron chi connectivity index (χ2n) is 4.82. The van der Waals surface area contributed by atoms with Crippen LogP contribution in [0.4, 0.5) is 0 Å². The molecule has 0 saturated carbocycles. The Hall–Kier alpha value is -0.610. The van der Waals surface area contributed by atoms with Crippen LogP contribution in [-0.2, 0) is 6.42 Å². The standard InChI is InChI=1S/C12H21N3S/c1-4-10-8-13-12(16)15(10)11-5-6-14(3)9(2)7-11/h8-9,11H,4-7H2,1-3H3,(H,13,16). The van der Waals surface area contributed by atoms with E-state index in [1.54, 1.807) is 0 Å². The van der Waals surface area contributed by atoms with E-state index in [-0.39, 0.29) is 0 Å². The molecule has 2 heterocycles. The summed E-state index contributed by atoms with van der Waals surface area (Å²) in [5, 5.41) is 0. The Balaban J connectivity index is 2.24. The van der Waals surface area contributed by atoms with Crippen molar-refractivity contribution in [3.63, 3.8) is 0 Å². The maximum atomic E-state index is 5.38. The van der Waals surface area contributed by atoms with Gasteiger partial charge in [0.25, 0.3) is 0 Å². The van der Waals surface area contributed by atoms with Crippen molar-refractivity contribution >= 4 is 12.2 Å². The van der Waals surface area contributed by atoms with E-state index in [1.807, 2.05) is 0 Å². The zero-order valence-electron chi connectivity index (χ0n) is 10.4. The summed E-state index contributed by atoms with van der Waals surface area (Å²) in [6.45, 7) is 5.66. The molecule has 90 valence electrons. The summed E-state index contributed by atoms with van der Waals surface area (Å²) in [4.78, 5) is 5.60. The summed E-state index contributed by atoms with van der Waals surface area (Å²) in [5.41, 5.74) is 1.34. The van der Waals surface area contributed by atoms with Gasteiger partial charge in [-0.2, -0.15) is 0 Å². The summed E-state index contributed by atoms with van der Waals surface area (Å²) in [7, 11) is 2.21. The van der Waals surface area contributed by atoms with Crippen molar-refractivity contribution in [2.24, 2.45) is 0 Å². The van der Waals surface area contributed by atoms with Gasteiger partial charge in [0, 0.05) is 30.5 Å². The molecule has 1 fully saturated rings. The van der Waals surface area contributed by atoms with Gasteiger partial charge >= 0.3 is 0 Å². The van der Waals surface area contributed by atoms with Crippen LogP contribution in [0.5, 0.6) is 0 Å². The number of H-pyrrole nitrogens is 1. The zero-order valence-corrected chi connectivity index (χ0v) is 11.2. The average Bonchev–Trinajstić information content (AvgIpc) is 2.64. The Kier molecular flexibility index (Phi) is 3.50. The van der Waals surface area contributed by atoms with Gasteiger partial charge in [-0.3, -0.25) is 0 Å². The zero-order chi connectivity index (χ0) is 11.7. The van der Waals surface area contributed by atoms with E-state index in [4.69, 9.17) is 12.2 Å². The van der Waals surface area contributed by atoms with Crippen LogP contribution in [0.15, 0.2) is 6.20 Å². The van der Waals surface area contributed by atoms with Crippen molar-refractivity contribution in [2.75, 3.05) is 13.6 Å². The van der Waals surface area contributed by atoms with Gasteiger partial charge in [-0.25, -0.2) is 0 Å². The van der Waals surface area contributed by atoms with E-state index in [1.165, 1.54) is 25.1 Å². The van der Waals surface area contributed by atoms with Gasteiger partial charge in [-0.05, 0) is 45.5 Å². The second kappa shape index (κ2) is 4.72. The van der Waals surface area contributed by atoms with Crippen molar-refractivity contribution in [3.05, 3.63) is 16.7 Å². The molecular formula is C12H21N3S. The minimum atomic E-state index is 0.583. The van der Waals surface area contributed by atoms with Gasteiger partial charge in [0.15, 0.2) is 4.77 Å². The highest BCUT2D eigenvalue weighted by Gasteiger charge is 2.25. The molecule has 1 N–H and O–H groups in total. The van der Waals surface area contributed by atoms with E-state index >= 15 is 0 Å². The number of nitrogens with zero attached hydrogens (tertiary/aromatic N) is 2. The molecule has 2 rings (SSSR count). The number of aromatic amines is 1. The highest BCUT2D eigenvalue weighted by atomic mass is 32.1. The van der Waals surface area contributed by atoms with E-state index in [2.05, 4.69) is 41.5 Å². The average molecular weight is 239 g/mol. The topological polar surface area (TPSA) is 24.0 Å². The largest absolute Gasteiger partial charge is 0.337 e. The van der Waals surface area contributed by atoms with Crippen LogP contribution in [-0.4, -0.2) is 34.1 Å². The lowest BCUT2D eigenvalue weighted by atomic mass is 9.98. The lowest BCUT2D eigenvalue weighted by molar-refractivity contribution is 0.155. The number of nitrogens with one attached hydrogen (secondary N) is 1. The van der Waals surface area contributed by atoms with Gasteiger partial charge in [0.2, 0.25) is 0 Å². The maximum Gasteiger partial charge on any atom is 0.177 e. The predicted octanol–water partition coefficient (Wildman–Crippen LogP) is 2.76. The van der Waals surface area contributed by atoms with E-state index in [0.717, 1.165) is 11.2 Å². The molecule has 0 amide bonds. The van der Waals surface area contributed by atoms with Crippen molar-refractivity contribution in [3.8, 4) is 0 Å². The summed E-state index contributed by atoms with van der Waals surface area (Å²) >= 11 is 5.38. The molecule has 2 atom stereocenters. The van der Waals surface area contributed by atoms with Gasteiger partial charge in [0.05, 0.1) is 0 Å². The van der Waals surface area contributed by atoms with Crippen LogP contribution in [0.2, 0.25) is 0 Å². The molecule has 1 aliphatic heterocycles. The van der Waals surface area contributed by atoms with Crippen LogP contribution in [0, 0.1) is 4.77 Å². The number of imidazole rings is 1. The molecule has 1 aliphatic rings. The fourth-order valence-electron chi connectivity index (χ4n) is 2.59. The number of hydrogen-bond acceptors (Lipinski definition) is 2. The minimum Gasteiger partial charge on any atom is -0.337 e. The fraction of sp³-hybridized carbons (Fsp3) is 0.750. The van der Waals surface area contributed by atoms with Gasteiger partial charge in [-0.1, -0.05) is 6.92 Å². The molecule has 0 radical (unpaired) electrons. The molecule has 1 aromatic rings. The molecule has 0 bridgehead atoms. The third-order valence-electron chi connectivity index (χ3n) is 3.80. The molecule has 2 unspecified atom stereocenters. The quantitative estimate of drug-likeness (QED) is 0.802. The monoisotopic (exact) mass is 239 g/mol. The smallest absolute Gasteiger partial charge is 0.177 e. The number of aryl methyl sites for hydroxylation is 1. The van der Waals surface area contributed by atoms with Crippen LogP contribution in [0.1, 0.15) is 38.4 Å². The van der Waals surface area contributed by atoms with E-state index in [9.17, 15) is 0 Å². The third-order valence-corrected chi connectivity index (χ3v) is 4.11. The Morgan fingerprint density at radius 1 is 1.56 bits per heavy atom. The molecule has 1 saturated heterocycles. The SMILES string of the molecule is CCc1c[nH]c(=S)n1C1CCN(C)C(C)C1. The molecule has 3 nitrogen and oxygen atoms in total. The lowest BCUT2D eigenvalue weighted by Gasteiger charge is -2.36. The van der Waals surface area contributed by atoms with Crippen LogP contribution in [0.3, 0.4) is 0 Å². The number of aromatic nitrogens is 2. The third kappa shape index (κ3) is 2.09. The molecule has 0 aliphatic carbocycles. The first-order chi connectivity index (χ1) is 7.63. The van der Waals surface area contributed by atoms with Crippen molar-refractivity contribution < 1.29 is 0 Å². The minimum absolute atomic E-state index is 0.583. The highest BCUT2D eigenvalue weighted by Crippen LogP contribution is 2.27. The fourth-order valence-corrected chi connectivity index (χ4v) is 2.91. The Morgan fingerprint density at radius 3 is 2.94 bits per heavy atom. The first kappa shape index (κ1) is 11.9. The number of likely N-dealkylation sites (tertiary alicyclic amines) is 1. The van der Waals surface area contributed by atoms with E-state index in [0.29, 0.717) is 12.1 Å². The first-order valence-corrected chi connectivity index (χ1v) is 6.53. The second-order valence-corrected chi connectivity index (χ2v) is 5.20. The normalized spacial score (nSPS) is 27.2. The number of rotatable bonds is 2. The Morgan fingerprint density at radius 2 is 2.31 bits per heavy atom. The van der Waals surface area contributed by atoms with Crippen molar-refractivity contribution in [2.45, 2.75) is 45.2 Å². The highest BCUT2D eigenvalue weighted by molar-refractivity contribution is 7.71. The van der Waals surface area contributed by atoms with E-state index < -0.39 is 0 Å². The molecule has 16 heavy (non-hydrogen) atoms. The first-order valence-electron chi connectivity index (χ1n) is 6.12. The maximum absolute atomic E-state index is 5.38. The molecular weight excluding hydrogens is 218 g/mol. The Bertz CT molecular complexity index is 407. The number of piperidine rings is 1. The van der Waals surface area contributed by atoms with Crippen LogP contribution in [0.25, 0.3) is 0 Å². The summed E-state index contributed by atoms with van der Waals surface area (Å²) in [6, 6.07) is 1.24. The summed E-state index contributed by atoms with van der Waals surface area (Å²) in [5.74, 6) is 0. The van der Waals surface area contributed by atoms with Crippen molar-refractivity contribution in [1.29, 1.82) is 0 Å². The van der Waals surface area contributed by atoms with Gasteiger partial charge in [-0.15, -0.1) is 0 Å².